The number of nitrogens with zero attached hydrogens (tertiary/aromatic N) is 2. The molecule has 3 aromatic carbocycles. The Morgan fingerprint density at radius 3 is 2.43 bits per heavy atom. The first-order chi connectivity index (χ1) is 14.7. The minimum Gasteiger partial charge on any atom is -0.497 e. The van der Waals surface area contributed by atoms with Gasteiger partial charge in [-0.1, -0.05) is 48.5 Å². The largest absolute Gasteiger partial charge is 0.497 e. The van der Waals surface area contributed by atoms with Gasteiger partial charge >= 0.3 is 5.97 Å². The highest BCUT2D eigenvalue weighted by molar-refractivity contribution is 5.97. The molecule has 1 aromatic heterocycles. The van der Waals surface area contributed by atoms with E-state index in [-0.39, 0.29) is 6.61 Å². The minimum absolute atomic E-state index is 0.193. The molecule has 0 atom stereocenters. The zero-order chi connectivity index (χ0) is 20.8. The second-order valence-corrected chi connectivity index (χ2v) is 6.56. The third-order valence-corrected chi connectivity index (χ3v) is 4.57. The molecule has 0 saturated heterocycles. The van der Waals surface area contributed by atoms with E-state index in [1.165, 1.54) is 0 Å². The molecular formula is C24H21N3O3. The van der Waals surface area contributed by atoms with Crippen LogP contribution in [0.5, 0.6) is 5.75 Å². The molecule has 1 N–H and O–H groups in total. The highest BCUT2D eigenvalue weighted by atomic mass is 16.5. The summed E-state index contributed by atoms with van der Waals surface area (Å²) in [5.74, 6) is 0.860. The maximum Gasteiger partial charge on any atom is 0.340 e. The fourth-order valence-electron chi connectivity index (χ4n) is 3.04. The Hall–Kier alpha value is -4.06. The van der Waals surface area contributed by atoms with Crippen LogP contribution in [0.3, 0.4) is 0 Å². The molecule has 0 aliphatic heterocycles. The van der Waals surface area contributed by atoms with Crippen LogP contribution in [0.2, 0.25) is 0 Å². The molecule has 4 rings (SSSR count). The number of esters is 1. The van der Waals surface area contributed by atoms with Crippen molar-refractivity contribution < 1.29 is 14.3 Å². The van der Waals surface area contributed by atoms with Gasteiger partial charge in [-0.3, -0.25) is 0 Å². The van der Waals surface area contributed by atoms with Crippen LogP contribution in [0, 0.1) is 0 Å². The average Bonchev–Trinajstić information content (AvgIpc) is 3.27. The van der Waals surface area contributed by atoms with E-state index < -0.39 is 5.97 Å². The van der Waals surface area contributed by atoms with Crippen molar-refractivity contribution >= 4 is 17.5 Å². The molecule has 0 saturated carbocycles. The van der Waals surface area contributed by atoms with Gasteiger partial charge in [0.1, 0.15) is 18.2 Å². The van der Waals surface area contributed by atoms with Crippen LogP contribution in [0.25, 0.3) is 5.69 Å². The summed E-state index contributed by atoms with van der Waals surface area (Å²) < 4.78 is 12.6. The summed E-state index contributed by atoms with van der Waals surface area (Å²) >= 11 is 0. The number of ether oxygens (including phenoxy) is 2. The van der Waals surface area contributed by atoms with Crippen molar-refractivity contribution in [3.63, 3.8) is 0 Å². The van der Waals surface area contributed by atoms with Gasteiger partial charge < -0.3 is 14.8 Å². The lowest BCUT2D eigenvalue weighted by atomic mass is 10.1. The number of carbonyl (C=O) groups excluding carboxylic acids is 1. The number of hydrogen-bond acceptors (Lipinski definition) is 5. The van der Waals surface area contributed by atoms with Crippen LogP contribution < -0.4 is 10.1 Å². The van der Waals surface area contributed by atoms with Crippen molar-refractivity contribution in [3.05, 3.63) is 102 Å². The maximum atomic E-state index is 12.9. The number of hydrogen-bond donors (Lipinski definition) is 1. The van der Waals surface area contributed by atoms with Gasteiger partial charge in [-0.25, -0.2) is 9.48 Å². The number of nitrogens with one attached hydrogen (secondary N) is 1. The highest BCUT2D eigenvalue weighted by Gasteiger charge is 2.16. The Labute approximate surface area is 174 Å². The first-order valence-corrected chi connectivity index (χ1v) is 9.50. The molecule has 30 heavy (non-hydrogen) atoms. The molecule has 0 bridgehead atoms. The number of benzene rings is 3. The number of para-hydroxylation sites is 1. The highest BCUT2D eigenvalue weighted by Crippen LogP contribution is 2.27. The lowest BCUT2D eigenvalue weighted by Crippen LogP contribution is -2.10. The van der Waals surface area contributed by atoms with E-state index >= 15 is 0 Å². The fourth-order valence-corrected chi connectivity index (χ4v) is 3.04. The van der Waals surface area contributed by atoms with Gasteiger partial charge in [-0.05, 0) is 35.9 Å². The first kappa shape index (κ1) is 19.3. The van der Waals surface area contributed by atoms with Crippen molar-refractivity contribution in [1.29, 1.82) is 0 Å². The number of methoxy groups -OCH3 is 1. The van der Waals surface area contributed by atoms with Gasteiger partial charge in [0, 0.05) is 6.07 Å². The summed E-state index contributed by atoms with van der Waals surface area (Å²) in [6.07, 6.45) is 1.70. The SMILES string of the molecule is COc1ccc(Nc2ccnn2-c2ccccc2)c(C(=O)OCc2ccccc2)c1. The summed E-state index contributed by atoms with van der Waals surface area (Å²) in [5.41, 5.74) is 2.81. The van der Waals surface area contributed by atoms with E-state index in [1.54, 1.807) is 36.2 Å². The Bertz CT molecular complexity index is 1120. The topological polar surface area (TPSA) is 65.4 Å². The molecule has 0 unspecified atom stereocenters. The van der Waals surface area contributed by atoms with E-state index in [4.69, 9.17) is 9.47 Å². The molecule has 6 nitrogen and oxygen atoms in total. The summed E-state index contributed by atoms with van der Waals surface area (Å²) in [4.78, 5) is 12.9. The Morgan fingerprint density at radius 2 is 1.70 bits per heavy atom. The normalized spacial score (nSPS) is 10.4. The monoisotopic (exact) mass is 399 g/mol. The van der Waals surface area contributed by atoms with Gasteiger partial charge in [0.25, 0.3) is 0 Å². The summed E-state index contributed by atoms with van der Waals surface area (Å²) in [6, 6.07) is 26.4. The van der Waals surface area contributed by atoms with Crippen LogP contribution in [0.4, 0.5) is 11.5 Å². The minimum atomic E-state index is -0.439. The molecule has 150 valence electrons. The smallest absolute Gasteiger partial charge is 0.340 e. The van der Waals surface area contributed by atoms with E-state index in [0.29, 0.717) is 17.0 Å². The molecule has 0 aliphatic rings. The molecular weight excluding hydrogens is 378 g/mol. The standard InChI is InChI=1S/C24H21N3O3/c1-29-20-12-13-22(21(16-20)24(28)30-17-18-8-4-2-5-9-18)26-23-14-15-25-27(23)19-10-6-3-7-11-19/h2-16,26H,17H2,1H3. The van der Waals surface area contributed by atoms with E-state index in [9.17, 15) is 4.79 Å². The second kappa shape index (κ2) is 8.96. The predicted octanol–water partition coefficient (Wildman–Crippen LogP) is 4.98. The molecule has 1 heterocycles. The fraction of sp³-hybridized carbons (Fsp3) is 0.0833. The van der Waals surface area contributed by atoms with Crippen LogP contribution in [-0.2, 0) is 11.3 Å². The van der Waals surface area contributed by atoms with Gasteiger partial charge in [0.15, 0.2) is 0 Å². The quantitative estimate of drug-likeness (QED) is 0.444. The maximum absolute atomic E-state index is 12.9. The molecule has 4 aromatic rings. The predicted molar refractivity (Wildman–Crippen MR) is 115 cm³/mol. The summed E-state index contributed by atoms with van der Waals surface area (Å²) in [5, 5.41) is 7.67. The number of rotatable bonds is 7. The molecule has 6 heteroatoms. The van der Waals surface area contributed by atoms with E-state index in [1.807, 2.05) is 66.7 Å². The zero-order valence-corrected chi connectivity index (χ0v) is 16.5. The van der Waals surface area contributed by atoms with Crippen molar-refractivity contribution in [2.24, 2.45) is 0 Å². The van der Waals surface area contributed by atoms with E-state index in [0.717, 1.165) is 17.1 Å². The van der Waals surface area contributed by atoms with Gasteiger partial charge in [-0.2, -0.15) is 5.10 Å². The molecule has 0 fully saturated rings. The number of anilines is 2. The lowest BCUT2D eigenvalue weighted by Gasteiger charge is -2.14. The number of aromatic nitrogens is 2. The van der Waals surface area contributed by atoms with Crippen molar-refractivity contribution in [3.8, 4) is 11.4 Å². The zero-order valence-electron chi connectivity index (χ0n) is 16.5. The van der Waals surface area contributed by atoms with Gasteiger partial charge in [-0.15, -0.1) is 0 Å². The summed E-state index contributed by atoms with van der Waals surface area (Å²) in [6.45, 7) is 0.193. The Balaban J connectivity index is 1.60. The molecule has 0 radical (unpaired) electrons. The third-order valence-electron chi connectivity index (χ3n) is 4.57. The summed E-state index contributed by atoms with van der Waals surface area (Å²) in [7, 11) is 1.56. The van der Waals surface area contributed by atoms with Gasteiger partial charge in [0.2, 0.25) is 0 Å². The van der Waals surface area contributed by atoms with E-state index in [2.05, 4.69) is 10.4 Å². The van der Waals surface area contributed by atoms with Crippen molar-refractivity contribution in [2.75, 3.05) is 12.4 Å². The lowest BCUT2D eigenvalue weighted by molar-refractivity contribution is 0.0473. The van der Waals surface area contributed by atoms with Crippen LogP contribution >= 0.6 is 0 Å². The molecule has 0 amide bonds. The van der Waals surface area contributed by atoms with Crippen LogP contribution in [0.1, 0.15) is 15.9 Å². The van der Waals surface area contributed by atoms with Crippen LogP contribution in [0.15, 0.2) is 91.1 Å². The Morgan fingerprint density at radius 1 is 0.967 bits per heavy atom. The third kappa shape index (κ3) is 4.33. The van der Waals surface area contributed by atoms with Crippen molar-refractivity contribution in [2.45, 2.75) is 6.61 Å². The van der Waals surface area contributed by atoms with Crippen LogP contribution in [-0.4, -0.2) is 22.9 Å². The second-order valence-electron chi connectivity index (χ2n) is 6.56. The Kier molecular flexibility index (Phi) is 5.75. The number of carbonyl (C=O) groups is 1. The molecule has 0 spiro atoms. The molecule has 0 aliphatic carbocycles. The first-order valence-electron chi connectivity index (χ1n) is 9.50. The van der Waals surface area contributed by atoms with Gasteiger partial charge in [0.05, 0.1) is 30.2 Å². The average molecular weight is 399 g/mol. The van der Waals surface area contributed by atoms with Crippen molar-refractivity contribution in [1.82, 2.24) is 9.78 Å².